The molecule has 9 heteroatoms. The van der Waals surface area contributed by atoms with Gasteiger partial charge in [-0.2, -0.15) is 4.98 Å². The van der Waals surface area contributed by atoms with Crippen molar-refractivity contribution >= 4 is 17.6 Å². The molecular formula is C26H29FN4O4. The predicted molar refractivity (Wildman–Crippen MR) is 128 cm³/mol. The van der Waals surface area contributed by atoms with Crippen LogP contribution in [0.1, 0.15) is 48.9 Å². The summed E-state index contributed by atoms with van der Waals surface area (Å²) in [5.74, 6) is -0.0676. The maximum atomic E-state index is 13.1. The van der Waals surface area contributed by atoms with Gasteiger partial charge in [-0.1, -0.05) is 18.5 Å². The molecular weight excluding hydrogens is 451 g/mol. The summed E-state index contributed by atoms with van der Waals surface area (Å²) >= 11 is 0. The lowest BCUT2D eigenvalue weighted by molar-refractivity contribution is -0.121. The molecule has 0 saturated carbocycles. The van der Waals surface area contributed by atoms with Crippen molar-refractivity contribution in [2.24, 2.45) is 5.92 Å². The number of hydrogen-bond acceptors (Lipinski definition) is 7. The van der Waals surface area contributed by atoms with Gasteiger partial charge in [0.15, 0.2) is 0 Å². The summed E-state index contributed by atoms with van der Waals surface area (Å²) in [6, 6.07) is 12.7. The van der Waals surface area contributed by atoms with Crippen LogP contribution in [0.15, 0.2) is 53.1 Å². The van der Waals surface area contributed by atoms with Crippen LogP contribution >= 0.6 is 0 Å². The number of likely N-dealkylation sites (tertiary alicyclic amines) is 1. The Morgan fingerprint density at radius 2 is 1.94 bits per heavy atom. The normalized spacial score (nSPS) is 16.1. The Hall–Kier alpha value is -3.59. The molecule has 1 saturated heterocycles. The number of rotatable bonds is 9. The third kappa shape index (κ3) is 6.73. The third-order valence-electron chi connectivity index (χ3n) is 5.92. The van der Waals surface area contributed by atoms with E-state index >= 15 is 0 Å². The molecule has 0 spiro atoms. The zero-order valence-electron chi connectivity index (χ0n) is 19.7. The number of esters is 1. The highest BCUT2D eigenvalue weighted by atomic mass is 19.1. The van der Waals surface area contributed by atoms with Crippen LogP contribution in [0.3, 0.4) is 0 Å². The highest BCUT2D eigenvalue weighted by Gasteiger charge is 2.27. The number of hydrogen-bond donors (Lipinski definition) is 1. The summed E-state index contributed by atoms with van der Waals surface area (Å²) in [5.41, 5.74) is 1.78. The molecule has 1 aromatic heterocycles. The number of unbranched alkanes of at least 4 members (excludes halogenated alkanes) is 1. The molecule has 1 N–H and O–H groups in total. The Labute approximate surface area is 203 Å². The molecule has 1 unspecified atom stereocenters. The van der Waals surface area contributed by atoms with Gasteiger partial charge >= 0.3 is 5.97 Å². The molecule has 1 amide bonds. The van der Waals surface area contributed by atoms with Crippen LogP contribution in [0.25, 0.3) is 11.4 Å². The maximum Gasteiger partial charge on any atom is 0.338 e. The minimum Gasteiger partial charge on any atom is -0.462 e. The van der Waals surface area contributed by atoms with Crippen LogP contribution in [0.2, 0.25) is 0 Å². The number of piperidine rings is 1. The molecule has 0 radical (unpaired) electrons. The lowest BCUT2D eigenvalue weighted by Gasteiger charge is -2.30. The van der Waals surface area contributed by atoms with E-state index in [1.54, 1.807) is 36.4 Å². The van der Waals surface area contributed by atoms with Gasteiger partial charge in [0.05, 0.1) is 24.6 Å². The predicted octanol–water partition coefficient (Wildman–Crippen LogP) is 4.68. The Kier molecular flexibility index (Phi) is 8.20. The molecule has 2 heterocycles. The summed E-state index contributed by atoms with van der Waals surface area (Å²) < 4.78 is 23.7. The average molecular weight is 481 g/mol. The Morgan fingerprint density at radius 3 is 2.69 bits per heavy atom. The summed E-state index contributed by atoms with van der Waals surface area (Å²) in [4.78, 5) is 31.4. The number of carbonyl (C=O) groups excluding carboxylic acids is 2. The van der Waals surface area contributed by atoms with Gasteiger partial charge in [0.25, 0.3) is 0 Å². The molecule has 2 aromatic carbocycles. The quantitative estimate of drug-likeness (QED) is 0.351. The molecule has 1 fully saturated rings. The zero-order chi connectivity index (χ0) is 24.6. The number of halogens is 1. The first-order valence-corrected chi connectivity index (χ1v) is 11.9. The molecule has 1 aliphatic rings. The number of nitrogens with zero attached hydrogens (tertiary/aromatic N) is 3. The lowest BCUT2D eigenvalue weighted by atomic mass is 9.97. The van der Waals surface area contributed by atoms with Crippen molar-refractivity contribution in [1.82, 2.24) is 15.0 Å². The number of aromatic nitrogens is 2. The maximum absolute atomic E-state index is 13.1. The monoisotopic (exact) mass is 480 g/mol. The number of benzene rings is 2. The van der Waals surface area contributed by atoms with E-state index in [9.17, 15) is 14.0 Å². The Balaban J connectivity index is 1.29. The van der Waals surface area contributed by atoms with Crippen molar-refractivity contribution in [1.29, 1.82) is 0 Å². The SMILES string of the molecule is CCCCOC(=O)c1ccc(NC(=O)C2CCCN(Cc3nc(-c4ccc(F)cc4)no3)C2)cc1. The molecule has 4 rings (SSSR count). The standard InChI is InChI=1S/C26H29FN4O4/c1-2-3-15-34-26(33)19-8-12-22(13-9-19)28-25(32)20-5-4-14-31(16-20)17-23-29-24(30-35-23)18-6-10-21(27)11-7-18/h6-13,20H,2-5,14-17H2,1H3,(H,28,32). The molecule has 8 nitrogen and oxygen atoms in total. The van der Waals surface area contributed by atoms with Crippen LogP contribution in [0.4, 0.5) is 10.1 Å². The highest BCUT2D eigenvalue weighted by Crippen LogP contribution is 2.22. The van der Waals surface area contributed by atoms with Crippen molar-refractivity contribution < 1.29 is 23.2 Å². The van der Waals surface area contributed by atoms with Gasteiger partial charge in [-0.15, -0.1) is 0 Å². The van der Waals surface area contributed by atoms with E-state index in [2.05, 4.69) is 20.4 Å². The summed E-state index contributed by atoms with van der Waals surface area (Å²) in [7, 11) is 0. The van der Waals surface area contributed by atoms with Gasteiger partial charge in [0.1, 0.15) is 5.82 Å². The van der Waals surface area contributed by atoms with Gasteiger partial charge in [0, 0.05) is 17.8 Å². The first-order chi connectivity index (χ1) is 17.0. The van der Waals surface area contributed by atoms with E-state index in [1.807, 2.05) is 6.92 Å². The fraction of sp³-hybridized carbons (Fsp3) is 0.385. The van der Waals surface area contributed by atoms with Crippen LogP contribution in [0.5, 0.6) is 0 Å². The smallest absolute Gasteiger partial charge is 0.338 e. The topological polar surface area (TPSA) is 97.6 Å². The minimum atomic E-state index is -0.358. The fourth-order valence-electron chi connectivity index (χ4n) is 3.97. The van der Waals surface area contributed by atoms with E-state index in [1.165, 1.54) is 12.1 Å². The van der Waals surface area contributed by atoms with Crippen LogP contribution in [-0.2, 0) is 16.1 Å². The van der Waals surface area contributed by atoms with Crippen LogP contribution < -0.4 is 5.32 Å². The van der Waals surface area contributed by atoms with Gasteiger partial charge in [-0.25, -0.2) is 9.18 Å². The van der Waals surface area contributed by atoms with E-state index in [0.29, 0.717) is 48.2 Å². The molecule has 3 aromatic rings. The highest BCUT2D eigenvalue weighted by molar-refractivity contribution is 5.94. The molecule has 1 aliphatic heterocycles. The van der Waals surface area contributed by atoms with Crippen molar-refractivity contribution in [3.63, 3.8) is 0 Å². The van der Waals surface area contributed by atoms with Gasteiger partial charge in [-0.05, 0) is 74.3 Å². The molecule has 1 atom stereocenters. The zero-order valence-corrected chi connectivity index (χ0v) is 19.7. The minimum absolute atomic E-state index is 0.0643. The second-order valence-corrected chi connectivity index (χ2v) is 8.65. The first-order valence-electron chi connectivity index (χ1n) is 11.9. The number of anilines is 1. The van der Waals surface area contributed by atoms with Crippen LogP contribution in [-0.4, -0.2) is 46.6 Å². The number of amides is 1. The number of nitrogens with one attached hydrogen (secondary N) is 1. The van der Waals surface area contributed by atoms with E-state index < -0.39 is 0 Å². The Bertz CT molecular complexity index is 1130. The van der Waals surface area contributed by atoms with E-state index in [0.717, 1.165) is 32.2 Å². The fourth-order valence-corrected chi connectivity index (χ4v) is 3.97. The van der Waals surface area contributed by atoms with Crippen molar-refractivity contribution in [3.8, 4) is 11.4 Å². The first kappa shape index (κ1) is 24.5. The van der Waals surface area contributed by atoms with Gasteiger partial charge in [-0.3, -0.25) is 9.69 Å². The van der Waals surface area contributed by atoms with Crippen molar-refractivity contribution in [2.45, 2.75) is 39.2 Å². The second kappa shape index (κ2) is 11.7. The average Bonchev–Trinajstić information content (AvgIpc) is 3.33. The Morgan fingerprint density at radius 1 is 1.17 bits per heavy atom. The summed E-state index contributed by atoms with van der Waals surface area (Å²) in [6.45, 7) is 4.28. The largest absolute Gasteiger partial charge is 0.462 e. The molecule has 0 bridgehead atoms. The lowest BCUT2D eigenvalue weighted by Crippen LogP contribution is -2.40. The number of ether oxygens (including phenoxy) is 1. The molecule has 35 heavy (non-hydrogen) atoms. The van der Waals surface area contributed by atoms with Gasteiger partial charge in [0.2, 0.25) is 17.6 Å². The van der Waals surface area contributed by atoms with Crippen molar-refractivity contribution in [2.75, 3.05) is 25.0 Å². The summed E-state index contributed by atoms with van der Waals surface area (Å²) in [6.07, 6.45) is 3.46. The summed E-state index contributed by atoms with van der Waals surface area (Å²) in [5, 5.41) is 6.93. The van der Waals surface area contributed by atoms with Crippen molar-refractivity contribution in [3.05, 3.63) is 65.8 Å². The molecule has 0 aliphatic carbocycles. The van der Waals surface area contributed by atoms with E-state index in [-0.39, 0.29) is 23.6 Å². The van der Waals surface area contributed by atoms with Crippen LogP contribution in [0, 0.1) is 11.7 Å². The third-order valence-corrected chi connectivity index (χ3v) is 5.92. The second-order valence-electron chi connectivity index (χ2n) is 8.65. The number of carbonyl (C=O) groups is 2. The molecule has 184 valence electrons. The van der Waals surface area contributed by atoms with E-state index in [4.69, 9.17) is 9.26 Å². The van der Waals surface area contributed by atoms with Gasteiger partial charge < -0.3 is 14.6 Å².